The predicted octanol–water partition coefficient (Wildman–Crippen LogP) is 3.85. The maximum absolute atomic E-state index is 8.16. The number of hydrogen-bond acceptors (Lipinski definition) is 1. The molecule has 0 saturated carbocycles. The van der Waals surface area contributed by atoms with E-state index in [-0.39, 0.29) is 6.54 Å². The zero-order valence-electron chi connectivity index (χ0n) is 9.52. The highest BCUT2D eigenvalue weighted by Gasteiger charge is 2.26. The number of rotatable bonds is 7. The highest BCUT2D eigenvalue weighted by Crippen LogP contribution is 2.21. The van der Waals surface area contributed by atoms with Crippen molar-refractivity contribution in [2.24, 2.45) is 5.11 Å². The molecule has 0 N–H and O–H groups in total. The maximum Gasteiger partial charge on any atom is 0.149 e. The van der Waals surface area contributed by atoms with Gasteiger partial charge in [0.05, 0.1) is 6.54 Å². The first kappa shape index (κ1) is 14.3. The van der Waals surface area contributed by atoms with Crippen molar-refractivity contribution >= 4 is 8.07 Å². The Morgan fingerprint density at radius 1 is 1.12 bits per heavy atom. The summed E-state index contributed by atoms with van der Waals surface area (Å²) < 4.78 is 0. The molecule has 0 spiro atoms. The lowest BCUT2D eigenvalue weighted by molar-refractivity contribution is 1.25. The maximum atomic E-state index is 8.16. The Bertz CT molecular complexity index is 330. The fourth-order valence-electron chi connectivity index (χ4n) is 1.53. The van der Waals surface area contributed by atoms with Gasteiger partial charge in [-0.2, -0.15) is 0 Å². The topological polar surface area (TPSA) is 48.8 Å². The zero-order chi connectivity index (χ0) is 12.3. The number of nitrogens with zero attached hydrogens (tertiary/aromatic N) is 3. The van der Waals surface area contributed by atoms with Gasteiger partial charge < -0.3 is 0 Å². The second-order valence-corrected chi connectivity index (χ2v) is 7.48. The van der Waals surface area contributed by atoms with Gasteiger partial charge in [0, 0.05) is 4.91 Å². The van der Waals surface area contributed by atoms with Crippen molar-refractivity contribution in [1.29, 1.82) is 0 Å². The second kappa shape index (κ2) is 8.60. The molecule has 0 aromatic heterocycles. The molecule has 0 atom stereocenters. The molecule has 0 aromatic rings. The Morgan fingerprint density at radius 3 is 2.00 bits per heavy atom. The summed E-state index contributed by atoms with van der Waals surface area (Å²) in [5.74, 6) is 2.93. The summed E-state index contributed by atoms with van der Waals surface area (Å²) in [4.78, 5) is 2.67. The fraction of sp³-hybridized carbons (Fsp3) is 0.333. The molecule has 0 fully saturated rings. The highest BCUT2D eigenvalue weighted by molar-refractivity contribution is 6.88. The van der Waals surface area contributed by atoms with Gasteiger partial charge in [0.25, 0.3) is 0 Å². The molecule has 0 aliphatic rings. The van der Waals surface area contributed by atoms with Crippen molar-refractivity contribution in [2.45, 2.75) is 18.1 Å². The lowest BCUT2D eigenvalue weighted by atomic mass is 10.7. The van der Waals surface area contributed by atoms with Gasteiger partial charge in [-0.1, -0.05) is 23.3 Å². The number of azide groups is 1. The molecule has 84 valence electrons. The van der Waals surface area contributed by atoms with Crippen LogP contribution < -0.4 is 0 Å². The Labute approximate surface area is 98.2 Å². The van der Waals surface area contributed by atoms with E-state index in [4.69, 9.17) is 5.53 Å². The lowest BCUT2D eigenvalue weighted by Gasteiger charge is -2.21. The molecular formula is C12H17N3Si. The standard InChI is InChI=1S/C12H17N3Si/c1-4-9-16(10-5-2,11-6-3)12-7-8-14-15-13/h4-6H,1-3,8-11H2. The van der Waals surface area contributed by atoms with Crippen LogP contribution in [0.4, 0.5) is 0 Å². The van der Waals surface area contributed by atoms with E-state index in [0.717, 1.165) is 18.1 Å². The predicted molar refractivity (Wildman–Crippen MR) is 72.6 cm³/mol. The van der Waals surface area contributed by atoms with Crippen LogP contribution in [-0.4, -0.2) is 14.6 Å². The first-order valence-corrected chi connectivity index (χ1v) is 7.70. The molecule has 0 unspecified atom stereocenters. The minimum atomic E-state index is -1.74. The monoisotopic (exact) mass is 231 g/mol. The van der Waals surface area contributed by atoms with Crippen molar-refractivity contribution in [1.82, 2.24) is 0 Å². The van der Waals surface area contributed by atoms with E-state index >= 15 is 0 Å². The zero-order valence-corrected chi connectivity index (χ0v) is 10.5. The smallest absolute Gasteiger partial charge is 0.130 e. The summed E-state index contributed by atoms with van der Waals surface area (Å²) in [5, 5.41) is 3.41. The molecule has 0 rings (SSSR count). The summed E-state index contributed by atoms with van der Waals surface area (Å²) in [6.45, 7) is 11.5. The molecular weight excluding hydrogens is 214 g/mol. The second-order valence-electron chi connectivity index (χ2n) is 3.45. The Hall–Kier alpha value is -1.69. The lowest BCUT2D eigenvalue weighted by Crippen LogP contribution is -2.30. The summed E-state index contributed by atoms with van der Waals surface area (Å²) in [5.41, 5.74) is 11.4. The van der Waals surface area contributed by atoms with Crippen molar-refractivity contribution in [3.05, 3.63) is 48.4 Å². The molecule has 0 aliphatic carbocycles. The normalized spacial score (nSPS) is 9.25. The largest absolute Gasteiger partial charge is 0.149 e. The van der Waals surface area contributed by atoms with Crippen LogP contribution in [0.5, 0.6) is 0 Å². The van der Waals surface area contributed by atoms with Crippen molar-refractivity contribution in [3.63, 3.8) is 0 Å². The molecule has 3 nitrogen and oxygen atoms in total. The van der Waals surface area contributed by atoms with Crippen molar-refractivity contribution in [2.75, 3.05) is 6.54 Å². The summed E-state index contributed by atoms with van der Waals surface area (Å²) in [7, 11) is -1.74. The van der Waals surface area contributed by atoms with Gasteiger partial charge in [0.2, 0.25) is 0 Å². The summed E-state index contributed by atoms with van der Waals surface area (Å²) in [6, 6.07) is 2.73. The average molecular weight is 231 g/mol. The van der Waals surface area contributed by atoms with Crippen LogP contribution in [0.25, 0.3) is 10.4 Å². The van der Waals surface area contributed by atoms with Gasteiger partial charge in [-0.3, -0.25) is 0 Å². The molecule has 0 heterocycles. The number of allylic oxidation sites excluding steroid dienone is 3. The van der Waals surface area contributed by atoms with Crippen LogP contribution >= 0.6 is 0 Å². The van der Waals surface area contributed by atoms with Gasteiger partial charge in [-0.25, -0.2) is 0 Å². The highest BCUT2D eigenvalue weighted by atomic mass is 28.3. The van der Waals surface area contributed by atoms with Crippen LogP contribution in [0.1, 0.15) is 0 Å². The average Bonchev–Trinajstić information content (AvgIpc) is 2.26. The molecule has 4 heteroatoms. The van der Waals surface area contributed by atoms with Gasteiger partial charge in [0.1, 0.15) is 8.07 Å². The van der Waals surface area contributed by atoms with Crippen LogP contribution in [0, 0.1) is 11.5 Å². The molecule has 0 bridgehead atoms. The minimum absolute atomic E-state index is 0.233. The Kier molecular flexibility index (Phi) is 7.69. The third-order valence-corrected chi connectivity index (χ3v) is 6.09. The van der Waals surface area contributed by atoms with Crippen LogP contribution in [0.2, 0.25) is 18.1 Å². The molecule has 0 radical (unpaired) electrons. The van der Waals surface area contributed by atoms with E-state index < -0.39 is 8.07 Å². The van der Waals surface area contributed by atoms with E-state index in [9.17, 15) is 0 Å². The van der Waals surface area contributed by atoms with E-state index in [1.807, 2.05) is 18.2 Å². The van der Waals surface area contributed by atoms with Crippen LogP contribution in [0.15, 0.2) is 43.1 Å². The first-order chi connectivity index (χ1) is 7.74. The van der Waals surface area contributed by atoms with E-state index in [1.165, 1.54) is 0 Å². The molecule has 0 amide bonds. The summed E-state index contributed by atoms with van der Waals surface area (Å²) in [6.07, 6.45) is 5.71. The van der Waals surface area contributed by atoms with Crippen molar-refractivity contribution in [3.8, 4) is 11.5 Å². The van der Waals surface area contributed by atoms with Gasteiger partial charge in [0.15, 0.2) is 0 Å². The SMILES string of the molecule is C=CC[Si](C#CCN=[N+]=[N-])(CC=C)CC=C. The van der Waals surface area contributed by atoms with Crippen molar-refractivity contribution < 1.29 is 0 Å². The quantitative estimate of drug-likeness (QED) is 0.160. The molecule has 16 heavy (non-hydrogen) atoms. The summed E-state index contributed by atoms with van der Waals surface area (Å²) >= 11 is 0. The van der Waals surface area contributed by atoms with Gasteiger partial charge >= 0.3 is 0 Å². The van der Waals surface area contributed by atoms with E-state index in [2.05, 4.69) is 41.2 Å². The van der Waals surface area contributed by atoms with Gasteiger partial charge in [-0.15, -0.1) is 31.2 Å². The molecule has 0 aliphatic heterocycles. The van der Waals surface area contributed by atoms with E-state index in [1.54, 1.807) is 0 Å². The van der Waals surface area contributed by atoms with E-state index in [0.29, 0.717) is 0 Å². The van der Waals surface area contributed by atoms with Gasteiger partial charge in [-0.05, 0) is 23.7 Å². The Balaban J connectivity index is 4.87. The van der Waals surface area contributed by atoms with Crippen LogP contribution in [-0.2, 0) is 0 Å². The third-order valence-electron chi connectivity index (χ3n) is 2.17. The number of hydrogen-bond donors (Lipinski definition) is 0. The third kappa shape index (κ3) is 5.25. The minimum Gasteiger partial charge on any atom is -0.130 e. The fourth-order valence-corrected chi connectivity index (χ4v) is 4.44. The molecule has 0 saturated heterocycles. The first-order valence-electron chi connectivity index (χ1n) is 5.08. The Morgan fingerprint density at radius 2 is 1.62 bits per heavy atom. The van der Waals surface area contributed by atoms with Crippen LogP contribution in [0.3, 0.4) is 0 Å². The molecule has 0 aromatic carbocycles.